The van der Waals surface area contributed by atoms with Crippen molar-refractivity contribution in [2.45, 2.75) is 85.0 Å². The number of amides is 4. The van der Waals surface area contributed by atoms with Gasteiger partial charge in [-0.2, -0.15) is 0 Å². The van der Waals surface area contributed by atoms with Crippen molar-refractivity contribution in [1.82, 2.24) is 15.5 Å². The lowest BCUT2D eigenvalue weighted by Gasteiger charge is -2.38. The third kappa shape index (κ3) is 9.40. The van der Waals surface area contributed by atoms with Crippen LogP contribution in [0.25, 0.3) is 0 Å². The van der Waals surface area contributed by atoms with E-state index < -0.39 is 66.5 Å². The quantitative estimate of drug-likeness (QED) is 0.377. The van der Waals surface area contributed by atoms with Crippen LogP contribution in [-0.4, -0.2) is 66.0 Å². The maximum absolute atomic E-state index is 14.0. The van der Waals surface area contributed by atoms with Gasteiger partial charge in [0.15, 0.2) is 0 Å². The van der Waals surface area contributed by atoms with Crippen LogP contribution >= 0.6 is 0 Å². The molecule has 206 valence electrons. The summed E-state index contributed by atoms with van der Waals surface area (Å²) in [6, 6.07) is 2.29. The van der Waals surface area contributed by atoms with Crippen LogP contribution in [0.3, 0.4) is 0 Å². The Labute approximate surface area is 218 Å². The molecule has 11 nitrogen and oxygen atoms in total. The number of benzene rings is 1. The van der Waals surface area contributed by atoms with Crippen molar-refractivity contribution in [3.8, 4) is 0 Å². The summed E-state index contributed by atoms with van der Waals surface area (Å²) in [5.41, 5.74) is 6.74. The molecule has 0 heterocycles. The fourth-order valence-electron chi connectivity index (χ4n) is 3.64. The zero-order valence-electron chi connectivity index (χ0n) is 23.0. The first-order valence-corrected chi connectivity index (χ1v) is 12.1. The van der Waals surface area contributed by atoms with E-state index in [0.29, 0.717) is 12.0 Å². The number of ether oxygens (including phenoxy) is 2. The molecule has 0 saturated carbocycles. The molecular formula is C26H40N4O7. The zero-order valence-corrected chi connectivity index (χ0v) is 23.0. The van der Waals surface area contributed by atoms with Gasteiger partial charge in [0.05, 0.1) is 13.5 Å². The lowest BCUT2D eigenvalue weighted by atomic mass is 9.93. The number of hydrogen-bond acceptors (Lipinski definition) is 7. The number of carbonyl (C=O) groups excluding carboxylic acids is 5. The van der Waals surface area contributed by atoms with Crippen molar-refractivity contribution >= 4 is 29.8 Å². The zero-order chi connectivity index (χ0) is 28.5. The monoisotopic (exact) mass is 520 g/mol. The fraction of sp³-hybridized carbons (Fsp3) is 0.577. The molecule has 37 heavy (non-hydrogen) atoms. The minimum Gasteiger partial charge on any atom is -0.468 e. The van der Waals surface area contributed by atoms with Crippen LogP contribution in [0.15, 0.2) is 18.2 Å². The lowest BCUT2D eigenvalue weighted by Crippen LogP contribution is -2.56. The molecule has 0 aliphatic rings. The van der Waals surface area contributed by atoms with Gasteiger partial charge in [0.1, 0.15) is 24.2 Å². The predicted molar refractivity (Wildman–Crippen MR) is 137 cm³/mol. The Hall–Kier alpha value is -3.63. The Bertz CT molecular complexity index is 1000. The average molecular weight is 521 g/mol. The van der Waals surface area contributed by atoms with E-state index in [-0.39, 0.29) is 0 Å². The van der Waals surface area contributed by atoms with Crippen LogP contribution in [0.5, 0.6) is 0 Å². The summed E-state index contributed by atoms with van der Waals surface area (Å²) < 4.78 is 9.89. The van der Waals surface area contributed by atoms with Crippen LogP contribution in [0.2, 0.25) is 0 Å². The molecule has 1 aromatic rings. The molecule has 3 unspecified atom stereocenters. The van der Waals surface area contributed by atoms with Crippen LogP contribution < -0.4 is 16.4 Å². The highest BCUT2D eigenvalue weighted by Gasteiger charge is 2.39. The van der Waals surface area contributed by atoms with E-state index in [0.717, 1.165) is 11.1 Å². The van der Waals surface area contributed by atoms with Crippen molar-refractivity contribution in [2.24, 2.45) is 5.73 Å². The highest BCUT2D eigenvalue weighted by molar-refractivity contribution is 5.95. The summed E-state index contributed by atoms with van der Waals surface area (Å²) in [6.45, 7) is 11.9. The minimum absolute atomic E-state index is 0.403. The van der Waals surface area contributed by atoms with Gasteiger partial charge in [0.2, 0.25) is 17.7 Å². The maximum Gasteiger partial charge on any atom is 0.408 e. The summed E-state index contributed by atoms with van der Waals surface area (Å²) in [6.07, 6.45) is -0.962. The SMILES string of the molecule is CCC(C)N(C(=O)C(CC(N)=O)NC(=O)OC(C)(C)C)C(C(=O)NCC(=O)OC)c1cccc(C)c1C. The molecule has 11 heteroatoms. The highest BCUT2D eigenvalue weighted by atomic mass is 16.6. The van der Waals surface area contributed by atoms with Gasteiger partial charge >= 0.3 is 12.1 Å². The first kappa shape index (κ1) is 31.4. The van der Waals surface area contributed by atoms with Gasteiger partial charge in [0, 0.05) is 6.04 Å². The normalized spacial score (nSPS) is 13.5. The van der Waals surface area contributed by atoms with Crippen molar-refractivity contribution in [1.29, 1.82) is 0 Å². The van der Waals surface area contributed by atoms with Crippen molar-refractivity contribution in [3.63, 3.8) is 0 Å². The van der Waals surface area contributed by atoms with Gasteiger partial charge < -0.3 is 30.7 Å². The molecule has 0 spiro atoms. The molecule has 0 aromatic heterocycles. The Kier molecular flexibility index (Phi) is 11.6. The first-order valence-electron chi connectivity index (χ1n) is 12.1. The largest absolute Gasteiger partial charge is 0.468 e. The summed E-state index contributed by atoms with van der Waals surface area (Å²) in [5, 5.41) is 4.97. The molecule has 4 amide bonds. The first-order chi connectivity index (χ1) is 17.1. The van der Waals surface area contributed by atoms with Crippen LogP contribution in [0, 0.1) is 13.8 Å². The summed E-state index contributed by atoms with van der Waals surface area (Å²) in [7, 11) is 1.20. The number of esters is 1. The van der Waals surface area contributed by atoms with Gasteiger partial charge in [-0.15, -0.1) is 0 Å². The maximum atomic E-state index is 14.0. The van der Waals surface area contributed by atoms with Crippen LogP contribution in [0.1, 0.15) is 70.2 Å². The molecule has 0 radical (unpaired) electrons. The van der Waals surface area contributed by atoms with Gasteiger partial charge in [-0.1, -0.05) is 25.1 Å². The van der Waals surface area contributed by atoms with Crippen LogP contribution in [0.4, 0.5) is 4.79 Å². The fourth-order valence-corrected chi connectivity index (χ4v) is 3.64. The predicted octanol–water partition coefficient (Wildman–Crippen LogP) is 2.03. The number of nitrogens with two attached hydrogens (primary N) is 1. The van der Waals surface area contributed by atoms with Gasteiger partial charge in [0.25, 0.3) is 0 Å². The van der Waals surface area contributed by atoms with E-state index >= 15 is 0 Å². The number of hydrogen-bond donors (Lipinski definition) is 3. The molecule has 0 aliphatic carbocycles. The molecule has 0 saturated heterocycles. The lowest BCUT2D eigenvalue weighted by molar-refractivity contribution is -0.147. The number of carbonyl (C=O) groups is 5. The van der Waals surface area contributed by atoms with Gasteiger partial charge in [-0.3, -0.25) is 19.2 Å². The molecule has 0 bridgehead atoms. The Balaban J connectivity index is 3.62. The summed E-state index contributed by atoms with van der Waals surface area (Å²) in [4.78, 5) is 64.9. The number of primary amides is 1. The van der Waals surface area contributed by atoms with Gasteiger partial charge in [-0.25, -0.2) is 4.79 Å². The Morgan fingerprint density at radius 1 is 1.11 bits per heavy atom. The second-order valence-corrected chi connectivity index (χ2v) is 9.86. The third-order valence-corrected chi connectivity index (χ3v) is 5.82. The third-order valence-electron chi connectivity index (χ3n) is 5.82. The highest BCUT2D eigenvalue weighted by Crippen LogP contribution is 2.30. The molecule has 0 aliphatic heterocycles. The number of rotatable bonds is 11. The number of aryl methyl sites for hydroxylation is 1. The topological polar surface area (TPSA) is 157 Å². The van der Waals surface area contributed by atoms with E-state index in [1.165, 1.54) is 12.0 Å². The van der Waals surface area contributed by atoms with Crippen molar-refractivity contribution in [3.05, 3.63) is 34.9 Å². The van der Waals surface area contributed by atoms with E-state index in [2.05, 4.69) is 15.4 Å². The Morgan fingerprint density at radius 3 is 2.24 bits per heavy atom. The smallest absolute Gasteiger partial charge is 0.408 e. The molecule has 4 N–H and O–H groups in total. The van der Waals surface area contributed by atoms with E-state index in [9.17, 15) is 24.0 Å². The van der Waals surface area contributed by atoms with E-state index in [1.54, 1.807) is 39.8 Å². The number of methoxy groups -OCH3 is 1. The summed E-state index contributed by atoms with van der Waals surface area (Å²) >= 11 is 0. The summed E-state index contributed by atoms with van der Waals surface area (Å²) in [5.74, 6) is -2.80. The number of nitrogens with one attached hydrogen (secondary N) is 2. The average Bonchev–Trinajstić information content (AvgIpc) is 2.80. The number of alkyl carbamates (subject to hydrolysis) is 1. The molecule has 1 aromatic carbocycles. The molecule has 0 fully saturated rings. The second kappa shape index (κ2) is 13.6. The molecular weight excluding hydrogens is 480 g/mol. The van der Waals surface area contributed by atoms with Gasteiger partial charge in [-0.05, 0) is 64.7 Å². The van der Waals surface area contributed by atoms with E-state index in [1.807, 2.05) is 26.8 Å². The number of nitrogens with zero attached hydrogens (tertiary/aromatic N) is 1. The standard InChI is InChI=1S/C26H40N4O7/c1-9-16(3)30(24(34)19(13-20(27)31)29-25(35)37-26(5,6)7)22(23(33)28-14-21(32)36-8)18-12-10-11-15(2)17(18)4/h10-12,16,19,22H,9,13-14H2,1-8H3,(H2,27,31)(H,28,33)(H,29,35). The van der Waals surface area contributed by atoms with E-state index in [4.69, 9.17) is 10.5 Å². The second-order valence-electron chi connectivity index (χ2n) is 9.86. The Morgan fingerprint density at radius 2 is 1.73 bits per heavy atom. The van der Waals surface area contributed by atoms with Crippen molar-refractivity contribution < 1.29 is 33.4 Å². The van der Waals surface area contributed by atoms with Crippen molar-refractivity contribution in [2.75, 3.05) is 13.7 Å². The molecule has 1 rings (SSSR count). The minimum atomic E-state index is -1.39. The van der Waals surface area contributed by atoms with Crippen LogP contribution in [-0.2, 0) is 28.7 Å². The molecule has 3 atom stereocenters.